The normalized spacial score (nSPS) is 10.2. The van der Waals surface area contributed by atoms with Crippen LogP contribution in [0.3, 0.4) is 0 Å². The van der Waals surface area contributed by atoms with Gasteiger partial charge in [-0.25, -0.2) is 9.59 Å². The first-order valence-corrected chi connectivity index (χ1v) is 9.00. The lowest BCUT2D eigenvalue weighted by Gasteiger charge is -2.29. The molecule has 0 fully saturated rings. The molecule has 0 spiro atoms. The molecule has 0 radical (unpaired) electrons. The van der Waals surface area contributed by atoms with Crippen molar-refractivity contribution in [3.05, 3.63) is 68.6 Å². The summed E-state index contributed by atoms with van der Waals surface area (Å²) < 4.78 is 2.04. The molecule has 0 heterocycles. The Labute approximate surface area is 168 Å². The minimum atomic E-state index is -1.82. The minimum Gasteiger partial charge on any atom is -0.473 e. The van der Waals surface area contributed by atoms with Gasteiger partial charge < -0.3 is 21.5 Å². The van der Waals surface area contributed by atoms with Gasteiger partial charge in [0.25, 0.3) is 0 Å². The van der Waals surface area contributed by atoms with Gasteiger partial charge in [-0.15, -0.1) is 0 Å². The molecule has 0 unspecified atom stereocenters. The van der Waals surface area contributed by atoms with Crippen LogP contribution in [0, 0.1) is 0 Å². The summed E-state index contributed by atoms with van der Waals surface area (Å²) in [4.78, 5) is 18.2. The highest BCUT2D eigenvalue weighted by atomic mass is 79.9. The van der Waals surface area contributed by atoms with Gasteiger partial charge in [-0.3, -0.25) is 0 Å². The van der Waals surface area contributed by atoms with Gasteiger partial charge in [-0.2, -0.15) is 0 Å². The first-order valence-electron chi connectivity index (χ1n) is 7.41. The number of aliphatic hydroxyl groups is 1. The van der Waals surface area contributed by atoms with Crippen molar-refractivity contribution in [2.75, 3.05) is 0 Å². The average Bonchev–Trinajstić information content (AvgIpc) is 2.56. The van der Waals surface area contributed by atoms with Crippen molar-refractivity contribution in [3.63, 3.8) is 0 Å². The van der Waals surface area contributed by atoms with Gasteiger partial charge in [0.2, 0.25) is 0 Å². The molecule has 142 valence electrons. The van der Waals surface area contributed by atoms with E-state index in [4.69, 9.17) is 19.8 Å². The zero-order valence-corrected chi connectivity index (χ0v) is 17.3. The lowest BCUT2D eigenvalue weighted by molar-refractivity contribution is -0.159. The van der Waals surface area contributed by atoms with E-state index in [2.05, 4.69) is 38.8 Å². The van der Waals surface area contributed by atoms with Crippen LogP contribution < -0.4 is 6.15 Å². The molecule has 8 heteroatoms. The highest BCUT2D eigenvalue weighted by Gasteiger charge is 2.30. The van der Waals surface area contributed by atoms with E-state index in [0.29, 0.717) is 6.42 Å². The first kappa shape index (κ1) is 24.3. The van der Waals surface area contributed by atoms with Crippen LogP contribution in [0.5, 0.6) is 0 Å². The molecule has 0 aromatic heterocycles. The number of hydrogen-bond acceptors (Lipinski definition) is 4. The molecule has 6 nitrogen and oxygen atoms in total. The summed E-state index contributed by atoms with van der Waals surface area (Å²) in [5, 5.41) is 25.9. The Balaban J connectivity index is 0.000000777. The van der Waals surface area contributed by atoms with Crippen molar-refractivity contribution in [2.45, 2.75) is 25.4 Å². The van der Waals surface area contributed by atoms with E-state index in [0.717, 1.165) is 26.5 Å². The van der Waals surface area contributed by atoms with E-state index in [1.807, 2.05) is 48.5 Å². The first-order chi connectivity index (χ1) is 11.7. The van der Waals surface area contributed by atoms with Gasteiger partial charge in [0.05, 0.1) is 0 Å². The summed E-state index contributed by atoms with van der Waals surface area (Å²) in [6.45, 7) is 2.09. The lowest BCUT2D eigenvalue weighted by Crippen LogP contribution is -2.27. The molecule has 0 aliphatic rings. The van der Waals surface area contributed by atoms with Crippen LogP contribution in [-0.2, 0) is 15.2 Å². The Morgan fingerprint density at radius 2 is 1.15 bits per heavy atom. The number of rotatable bonds is 4. The van der Waals surface area contributed by atoms with Crippen LogP contribution in [-0.4, -0.2) is 27.3 Å². The fraction of sp³-hybridized carbons (Fsp3) is 0.222. The molecule has 0 bridgehead atoms. The lowest BCUT2D eigenvalue weighted by atomic mass is 9.83. The minimum absolute atomic E-state index is 0. The van der Waals surface area contributed by atoms with Crippen LogP contribution in [0.4, 0.5) is 0 Å². The summed E-state index contributed by atoms with van der Waals surface area (Å²) in [5.41, 5.74) is 0.940. The van der Waals surface area contributed by atoms with Gasteiger partial charge in [0, 0.05) is 8.95 Å². The Morgan fingerprint density at radius 3 is 1.38 bits per heavy atom. The number of benzene rings is 2. The zero-order valence-electron chi connectivity index (χ0n) is 14.2. The summed E-state index contributed by atoms with van der Waals surface area (Å²) in [6, 6.07) is 15.8. The van der Waals surface area contributed by atoms with E-state index >= 15 is 0 Å². The maximum atomic E-state index is 11.1. The summed E-state index contributed by atoms with van der Waals surface area (Å²) in [5.74, 6) is -3.65. The molecule has 2 aromatic rings. The van der Waals surface area contributed by atoms with E-state index in [1.54, 1.807) is 0 Å². The third-order valence-corrected chi connectivity index (χ3v) is 4.50. The quantitative estimate of drug-likeness (QED) is 0.464. The van der Waals surface area contributed by atoms with Crippen LogP contribution >= 0.6 is 31.9 Å². The second-order valence-corrected chi connectivity index (χ2v) is 7.07. The van der Waals surface area contributed by atoms with Crippen molar-refractivity contribution in [1.82, 2.24) is 6.15 Å². The summed E-state index contributed by atoms with van der Waals surface area (Å²) in [7, 11) is 0. The van der Waals surface area contributed by atoms with E-state index in [-0.39, 0.29) is 6.15 Å². The van der Waals surface area contributed by atoms with Crippen molar-refractivity contribution in [1.29, 1.82) is 0 Å². The molecule has 2 rings (SSSR count). The smallest absolute Gasteiger partial charge is 0.414 e. The number of carboxylic acid groups (broad SMARTS) is 2. The predicted molar refractivity (Wildman–Crippen MR) is 106 cm³/mol. The van der Waals surface area contributed by atoms with Crippen molar-refractivity contribution in [2.24, 2.45) is 0 Å². The molecular formula is C18H21Br2NO5. The maximum Gasteiger partial charge on any atom is 0.414 e. The number of carboxylic acids is 2. The Hall–Kier alpha value is -1.74. The van der Waals surface area contributed by atoms with Crippen molar-refractivity contribution in [3.8, 4) is 0 Å². The summed E-state index contributed by atoms with van der Waals surface area (Å²) in [6.07, 6.45) is 1.62. The maximum absolute atomic E-state index is 11.1. The third-order valence-electron chi connectivity index (χ3n) is 3.44. The average molecular weight is 491 g/mol. The van der Waals surface area contributed by atoms with Gasteiger partial charge in [0.15, 0.2) is 0 Å². The summed E-state index contributed by atoms with van der Waals surface area (Å²) >= 11 is 6.86. The Morgan fingerprint density at radius 1 is 0.846 bits per heavy atom. The van der Waals surface area contributed by atoms with Crippen LogP contribution in [0.15, 0.2) is 57.5 Å². The predicted octanol–water partition coefficient (Wildman–Crippen LogP) is 4.57. The molecule has 6 N–H and O–H groups in total. The molecule has 0 saturated carbocycles. The molecular weight excluding hydrogens is 470 g/mol. The molecule has 2 aromatic carbocycles. The third kappa shape index (κ3) is 6.87. The Kier molecular flexibility index (Phi) is 10.3. The van der Waals surface area contributed by atoms with E-state index in [9.17, 15) is 5.11 Å². The molecule has 0 aliphatic carbocycles. The van der Waals surface area contributed by atoms with E-state index < -0.39 is 17.5 Å². The highest BCUT2D eigenvalue weighted by molar-refractivity contribution is 9.10. The molecule has 0 amide bonds. The number of carbonyl (C=O) groups is 2. The second kappa shape index (κ2) is 11.1. The van der Waals surface area contributed by atoms with Crippen LogP contribution in [0.25, 0.3) is 0 Å². The van der Waals surface area contributed by atoms with E-state index in [1.165, 1.54) is 0 Å². The fourth-order valence-corrected chi connectivity index (χ4v) is 2.80. The van der Waals surface area contributed by atoms with Crippen LogP contribution in [0.1, 0.15) is 30.9 Å². The van der Waals surface area contributed by atoms with Crippen molar-refractivity contribution >= 4 is 43.8 Å². The number of aliphatic carboxylic acids is 2. The van der Waals surface area contributed by atoms with Gasteiger partial charge in [-0.05, 0) is 41.8 Å². The Bertz CT molecular complexity index is 660. The SMILES string of the molecule is CCCC(O)(c1ccc(Br)cc1)c1ccc(Br)cc1.N.O=C(O)C(=O)O. The number of hydrogen-bond donors (Lipinski definition) is 4. The number of halogens is 2. The second-order valence-electron chi connectivity index (χ2n) is 5.23. The van der Waals surface area contributed by atoms with Gasteiger partial charge in [0.1, 0.15) is 5.60 Å². The fourth-order valence-electron chi connectivity index (χ4n) is 2.27. The largest absolute Gasteiger partial charge is 0.473 e. The van der Waals surface area contributed by atoms with Gasteiger partial charge >= 0.3 is 11.9 Å². The van der Waals surface area contributed by atoms with Crippen LogP contribution in [0.2, 0.25) is 0 Å². The zero-order chi connectivity index (χ0) is 19.0. The molecule has 26 heavy (non-hydrogen) atoms. The topological polar surface area (TPSA) is 130 Å². The van der Waals surface area contributed by atoms with Gasteiger partial charge in [-0.1, -0.05) is 69.5 Å². The molecule has 0 aliphatic heterocycles. The molecule has 0 atom stereocenters. The monoisotopic (exact) mass is 489 g/mol. The highest BCUT2D eigenvalue weighted by Crippen LogP contribution is 2.35. The standard InChI is InChI=1S/C16H16Br2O.C2H2O4.H3N/c1-2-11-16(19,12-3-7-14(17)8-4-12)13-5-9-15(18)10-6-13;3-1(4)2(5)6;/h3-10,19H,2,11H2,1H3;(H,3,4)(H,5,6);1H3. The molecule has 0 saturated heterocycles. The van der Waals surface area contributed by atoms with Crippen molar-refractivity contribution < 1.29 is 24.9 Å².